The fraction of sp³-hybridized carbons (Fsp3) is 0.286. The van der Waals surface area contributed by atoms with Crippen molar-refractivity contribution in [3.63, 3.8) is 0 Å². The fourth-order valence-electron chi connectivity index (χ4n) is 1.80. The Labute approximate surface area is 112 Å². The highest BCUT2D eigenvalue weighted by Crippen LogP contribution is 2.14. The van der Waals surface area contributed by atoms with E-state index in [1.807, 2.05) is 24.3 Å². The van der Waals surface area contributed by atoms with Crippen LogP contribution in [-0.4, -0.2) is 15.7 Å². The second-order valence-electron chi connectivity index (χ2n) is 4.46. The van der Waals surface area contributed by atoms with Crippen LogP contribution in [0.3, 0.4) is 0 Å². The van der Waals surface area contributed by atoms with Gasteiger partial charge in [0.2, 0.25) is 5.91 Å². The first-order valence-electron chi connectivity index (χ1n) is 6.24. The summed E-state index contributed by atoms with van der Waals surface area (Å²) in [4.78, 5) is 12.0. The molecule has 0 bridgehead atoms. The van der Waals surface area contributed by atoms with Crippen molar-refractivity contribution in [2.75, 3.05) is 5.32 Å². The number of aryl methyl sites for hydroxylation is 2. The van der Waals surface area contributed by atoms with Gasteiger partial charge in [-0.3, -0.25) is 9.48 Å². The van der Waals surface area contributed by atoms with Crippen LogP contribution in [0.5, 0.6) is 0 Å². The van der Waals surface area contributed by atoms with Gasteiger partial charge in [-0.2, -0.15) is 5.10 Å². The minimum absolute atomic E-state index is 0.239. The summed E-state index contributed by atoms with van der Waals surface area (Å²) in [6.45, 7) is 2.09. The number of benzene rings is 1. The van der Waals surface area contributed by atoms with Gasteiger partial charge in [-0.15, -0.1) is 0 Å². The van der Waals surface area contributed by atoms with Gasteiger partial charge in [0.15, 0.2) is 0 Å². The molecule has 100 valence electrons. The van der Waals surface area contributed by atoms with Gasteiger partial charge in [0.1, 0.15) is 6.04 Å². The summed E-state index contributed by atoms with van der Waals surface area (Å²) >= 11 is 0. The second kappa shape index (κ2) is 5.67. The number of nitrogens with two attached hydrogens (primary N) is 1. The molecular weight excluding hydrogens is 240 g/mol. The van der Waals surface area contributed by atoms with E-state index in [0.717, 1.165) is 12.1 Å². The Hall–Kier alpha value is -2.14. The van der Waals surface area contributed by atoms with E-state index in [4.69, 9.17) is 5.73 Å². The molecule has 3 N–H and O–H groups in total. The summed E-state index contributed by atoms with van der Waals surface area (Å²) in [7, 11) is 1.79. The number of aromatic nitrogens is 2. The van der Waals surface area contributed by atoms with Crippen molar-refractivity contribution in [1.29, 1.82) is 0 Å². The highest BCUT2D eigenvalue weighted by Gasteiger charge is 2.17. The van der Waals surface area contributed by atoms with Crippen LogP contribution >= 0.6 is 0 Å². The van der Waals surface area contributed by atoms with Crippen molar-refractivity contribution in [2.45, 2.75) is 19.4 Å². The van der Waals surface area contributed by atoms with E-state index < -0.39 is 6.04 Å². The van der Waals surface area contributed by atoms with E-state index in [1.165, 1.54) is 5.56 Å². The highest BCUT2D eigenvalue weighted by atomic mass is 16.2. The monoisotopic (exact) mass is 258 g/mol. The maximum absolute atomic E-state index is 12.0. The lowest BCUT2D eigenvalue weighted by molar-refractivity contribution is -0.117. The van der Waals surface area contributed by atoms with Gasteiger partial charge in [0.25, 0.3) is 0 Å². The Morgan fingerprint density at radius 2 is 2.11 bits per heavy atom. The third-order valence-electron chi connectivity index (χ3n) is 3.00. The molecule has 1 aromatic carbocycles. The number of carbonyl (C=O) groups excluding carboxylic acids is 1. The number of anilines is 1. The zero-order valence-corrected chi connectivity index (χ0v) is 11.1. The lowest BCUT2D eigenvalue weighted by atomic mass is 10.1. The number of amides is 1. The van der Waals surface area contributed by atoms with Gasteiger partial charge in [-0.25, -0.2) is 0 Å². The van der Waals surface area contributed by atoms with Crippen LogP contribution in [0.25, 0.3) is 0 Å². The van der Waals surface area contributed by atoms with Gasteiger partial charge >= 0.3 is 0 Å². The van der Waals surface area contributed by atoms with E-state index in [0.29, 0.717) is 5.56 Å². The summed E-state index contributed by atoms with van der Waals surface area (Å²) in [6.07, 6.45) is 4.32. The average molecular weight is 258 g/mol. The molecule has 1 heterocycles. The van der Waals surface area contributed by atoms with E-state index >= 15 is 0 Å². The number of carbonyl (C=O) groups is 1. The number of nitrogens with zero attached hydrogens (tertiary/aromatic N) is 2. The van der Waals surface area contributed by atoms with Crippen molar-refractivity contribution in [3.05, 3.63) is 47.8 Å². The molecule has 1 atom stereocenters. The molecule has 0 radical (unpaired) electrons. The lowest BCUT2D eigenvalue weighted by Crippen LogP contribution is -2.27. The largest absolute Gasteiger partial charge is 0.324 e. The fourth-order valence-corrected chi connectivity index (χ4v) is 1.80. The van der Waals surface area contributed by atoms with Crippen LogP contribution < -0.4 is 11.1 Å². The summed E-state index contributed by atoms with van der Waals surface area (Å²) in [5.41, 5.74) is 8.57. The van der Waals surface area contributed by atoms with E-state index in [2.05, 4.69) is 17.3 Å². The first kappa shape index (κ1) is 13.3. The minimum atomic E-state index is -0.709. The first-order chi connectivity index (χ1) is 9.10. The SMILES string of the molecule is CCc1ccc(NC(=O)C(N)c2cnn(C)c2)cc1. The Bertz CT molecular complexity index is 559. The minimum Gasteiger partial charge on any atom is -0.324 e. The van der Waals surface area contributed by atoms with Gasteiger partial charge in [-0.05, 0) is 24.1 Å². The molecule has 2 aromatic rings. The molecule has 0 spiro atoms. The van der Waals surface area contributed by atoms with Crippen LogP contribution in [0.1, 0.15) is 24.1 Å². The average Bonchev–Trinajstić information content (AvgIpc) is 2.85. The molecule has 1 amide bonds. The number of hydrogen-bond acceptors (Lipinski definition) is 3. The molecule has 1 aromatic heterocycles. The summed E-state index contributed by atoms with van der Waals surface area (Å²) in [5, 5.41) is 6.81. The van der Waals surface area contributed by atoms with Crippen LogP contribution in [0, 0.1) is 0 Å². The van der Waals surface area contributed by atoms with Crippen molar-refractivity contribution >= 4 is 11.6 Å². The third kappa shape index (κ3) is 3.20. The van der Waals surface area contributed by atoms with Crippen molar-refractivity contribution < 1.29 is 4.79 Å². The molecule has 0 aliphatic heterocycles. The van der Waals surface area contributed by atoms with Crippen molar-refractivity contribution in [2.24, 2.45) is 12.8 Å². The Morgan fingerprint density at radius 1 is 1.42 bits per heavy atom. The predicted octanol–water partition coefficient (Wildman–Crippen LogP) is 1.62. The van der Waals surface area contributed by atoms with Gasteiger partial charge in [0.05, 0.1) is 6.20 Å². The van der Waals surface area contributed by atoms with Crippen molar-refractivity contribution in [3.8, 4) is 0 Å². The van der Waals surface area contributed by atoms with E-state index in [9.17, 15) is 4.79 Å². The number of nitrogens with one attached hydrogen (secondary N) is 1. The molecular formula is C14H18N4O. The van der Waals surface area contributed by atoms with Gasteiger partial charge in [0, 0.05) is 24.5 Å². The van der Waals surface area contributed by atoms with Crippen LogP contribution in [0.15, 0.2) is 36.7 Å². The maximum Gasteiger partial charge on any atom is 0.246 e. The second-order valence-corrected chi connectivity index (χ2v) is 4.46. The Morgan fingerprint density at radius 3 is 2.63 bits per heavy atom. The summed E-state index contributed by atoms with van der Waals surface area (Å²) in [6, 6.07) is 7.04. The molecule has 0 fully saturated rings. The Kier molecular flexibility index (Phi) is 3.97. The smallest absolute Gasteiger partial charge is 0.246 e. The molecule has 19 heavy (non-hydrogen) atoms. The molecule has 0 aliphatic carbocycles. The number of rotatable bonds is 4. The zero-order valence-electron chi connectivity index (χ0n) is 11.1. The predicted molar refractivity (Wildman–Crippen MR) is 74.6 cm³/mol. The zero-order chi connectivity index (χ0) is 13.8. The molecule has 1 unspecified atom stereocenters. The summed E-state index contributed by atoms with van der Waals surface area (Å²) in [5.74, 6) is -0.239. The van der Waals surface area contributed by atoms with Crippen LogP contribution in [0.4, 0.5) is 5.69 Å². The highest BCUT2D eigenvalue weighted by molar-refractivity contribution is 5.95. The van der Waals surface area contributed by atoms with Crippen molar-refractivity contribution in [1.82, 2.24) is 9.78 Å². The molecule has 5 heteroatoms. The quantitative estimate of drug-likeness (QED) is 0.875. The van der Waals surface area contributed by atoms with Gasteiger partial charge < -0.3 is 11.1 Å². The summed E-state index contributed by atoms with van der Waals surface area (Å²) < 4.78 is 1.62. The third-order valence-corrected chi connectivity index (χ3v) is 3.00. The lowest BCUT2D eigenvalue weighted by Gasteiger charge is -2.10. The molecule has 0 saturated carbocycles. The molecule has 5 nitrogen and oxygen atoms in total. The molecule has 0 aliphatic rings. The van der Waals surface area contributed by atoms with Crippen LogP contribution in [-0.2, 0) is 18.3 Å². The first-order valence-corrected chi connectivity index (χ1v) is 6.24. The Balaban J connectivity index is 2.03. The number of hydrogen-bond donors (Lipinski definition) is 2. The topological polar surface area (TPSA) is 72.9 Å². The van der Waals surface area contributed by atoms with E-state index in [-0.39, 0.29) is 5.91 Å². The van der Waals surface area contributed by atoms with E-state index in [1.54, 1.807) is 24.1 Å². The normalized spacial score (nSPS) is 12.2. The molecule has 2 rings (SSSR count). The molecule has 0 saturated heterocycles. The maximum atomic E-state index is 12.0. The standard InChI is InChI=1S/C14H18N4O/c1-3-10-4-6-12(7-5-10)17-14(19)13(15)11-8-16-18(2)9-11/h4-9,13H,3,15H2,1-2H3,(H,17,19). The van der Waals surface area contributed by atoms with Gasteiger partial charge in [-0.1, -0.05) is 19.1 Å². The van der Waals surface area contributed by atoms with Crippen LogP contribution in [0.2, 0.25) is 0 Å².